The van der Waals surface area contributed by atoms with Crippen LogP contribution in [0, 0.1) is 5.92 Å². The molecule has 0 heterocycles. The molecule has 25 heavy (non-hydrogen) atoms. The summed E-state index contributed by atoms with van der Waals surface area (Å²) in [5, 5.41) is 20.7. The van der Waals surface area contributed by atoms with Gasteiger partial charge in [0.2, 0.25) is 0 Å². The molecule has 2 rings (SSSR count). The van der Waals surface area contributed by atoms with Crippen LogP contribution in [-0.2, 0) is 11.2 Å². The minimum Gasteiger partial charge on any atom is -0.545 e. The van der Waals surface area contributed by atoms with Gasteiger partial charge in [-0.3, -0.25) is 0 Å². The van der Waals surface area contributed by atoms with Crippen molar-refractivity contribution in [3.8, 4) is 0 Å². The van der Waals surface area contributed by atoms with Gasteiger partial charge in [0.15, 0.2) is 0 Å². The van der Waals surface area contributed by atoms with Crippen molar-refractivity contribution in [1.29, 1.82) is 0 Å². The number of aliphatic hydroxyl groups excluding tert-OH is 1. The smallest absolute Gasteiger partial charge is 0.545 e. The van der Waals surface area contributed by atoms with Crippen molar-refractivity contribution in [2.24, 2.45) is 5.92 Å². The molecule has 1 N–H and O–H groups in total. The number of aliphatic carboxylic acids is 1. The second-order valence-corrected chi connectivity index (χ2v) is 6.66. The van der Waals surface area contributed by atoms with Crippen molar-refractivity contribution in [3.05, 3.63) is 59.7 Å². The van der Waals surface area contributed by atoms with Crippen LogP contribution in [0.15, 0.2) is 54.1 Å². The van der Waals surface area contributed by atoms with Gasteiger partial charge >= 0.3 is 29.6 Å². The average Bonchev–Trinajstić information content (AvgIpc) is 2.58. The van der Waals surface area contributed by atoms with Crippen LogP contribution in [0.1, 0.15) is 50.5 Å². The monoisotopic (exact) mass is 350 g/mol. The molecule has 4 heteroatoms. The van der Waals surface area contributed by atoms with Crippen LogP contribution in [0.25, 0.3) is 0 Å². The molecule has 0 aromatic heterocycles. The molecule has 0 spiro atoms. The van der Waals surface area contributed by atoms with E-state index in [2.05, 4.69) is 30.3 Å². The molecule has 2 atom stereocenters. The Labute approximate surface area is 173 Å². The Balaban J connectivity index is 0.00000312. The summed E-state index contributed by atoms with van der Waals surface area (Å²) in [6, 6.07) is 10.4. The van der Waals surface area contributed by atoms with Gasteiger partial charge < -0.3 is 15.0 Å². The van der Waals surface area contributed by atoms with Crippen LogP contribution in [-0.4, -0.2) is 17.2 Å². The quantitative estimate of drug-likeness (QED) is 0.315. The molecule has 1 aromatic rings. The summed E-state index contributed by atoms with van der Waals surface area (Å²) >= 11 is 0. The predicted octanol–water partition coefficient (Wildman–Crippen LogP) is 0.187. The summed E-state index contributed by atoms with van der Waals surface area (Å²) in [6.45, 7) is 0. The van der Waals surface area contributed by atoms with E-state index in [4.69, 9.17) is 0 Å². The molecular formula is C21H27NaO3. The molecular weight excluding hydrogens is 323 g/mol. The Bertz CT molecular complexity index is 566. The van der Waals surface area contributed by atoms with E-state index in [1.54, 1.807) is 0 Å². The van der Waals surface area contributed by atoms with Crippen molar-refractivity contribution >= 4 is 5.97 Å². The van der Waals surface area contributed by atoms with E-state index in [9.17, 15) is 15.0 Å². The van der Waals surface area contributed by atoms with E-state index in [1.807, 2.05) is 12.1 Å². The van der Waals surface area contributed by atoms with Gasteiger partial charge in [0.1, 0.15) is 0 Å². The number of carbonyl (C=O) groups excluding carboxylic acids is 1. The third-order valence-corrected chi connectivity index (χ3v) is 4.58. The standard InChI is InChI=1S/C21H28O3.Na/c22-20(12-5-4-9-17-7-2-1-3-8-17)14-13-18-10-6-11-19(15-18)16-21(23)24;/h1-3,7-8,13-14,16,18,20,22H,4-6,9-12,15H2,(H,23,24);/q;+1/p-1/b14-13+,19-16-;/t18-,20-;/m0./s1. The van der Waals surface area contributed by atoms with E-state index in [0.29, 0.717) is 5.92 Å². The van der Waals surface area contributed by atoms with Gasteiger partial charge in [-0.25, -0.2) is 0 Å². The summed E-state index contributed by atoms with van der Waals surface area (Å²) in [5.41, 5.74) is 2.30. The fourth-order valence-electron chi connectivity index (χ4n) is 3.30. The first kappa shape index (κ1) is 22.2. The van der Waals surface area contributed by atoms with E-state index in [1.165, 1.54) is 11.6 Å². The number of benzene rings is 1. The zero-order valence-electron chi connectivity index (χ0n) is 15.2. The fraction of sp³-hybridized carbons (Fsp3) is 0.476. The molecule has 0 unspecified atom stereocenters. The van der Waals surface area contributed by atoms with Crippen molar-refractivity contribution in [2.75, 3.05) is 0 Å². The topological polar surface area (TPSA) is 60.4 Å². The molecule has 0 aliphatic heterocycles. The maximum Gasteiger partial charge on any atom is 1.00 e. The Hall–Kier alpha value is -0.870. The maximum atomic E-state index is 10.6. The zero-order chi connectivity index (χ0) is 17.2. The van der Waals surface area contributed by atoms with Gasteiger partial charge in [0.05, 0.1) is 12.1 Å². The summed E-state index contributed by atoms with van der Waals surface area (Å²) in [4.78, 5) is 10.6. The van der Waals surface area contributed by atoms with Crippen LogP contribution in [0.2, 0.25) is 0 Å². The number of rotatable bonds is 8. The molecule has 1 aliphatic carbocycles. The number of aliphatic hydroxyl groups is 1. The van der Waals surface area contributed by atoms with Gasteiger partial charge in [-0.15, -0.1) is 0 Å². The van der Waals surface area contributed by atoms with E-state index < -0.39 is 12.1 Å². The van der Waals surface area contributed by atoms with E-state index >= 15 is 0 Å². The molecule has 0 radical (unpaired) electrons. The van der Waals surface area contributed by atoms with Gasteiger partial charge in [0.25, 0.3) is 0 Å². The number of unbranched alkanes of at least 4 members (excludes halogenated alkanes) is 1. The third-order valence-electron chi connectivity index (χ3n) is 4.58. The molecule has 0 bridgehead atoms. The number of carboxylic acid groups (broad SMARTS) is 1. The minimum atomic E-state index is -1.10. The van der Waals surface area contributed by atoms with Gasteiger partial charge in [0, 0.05) is 0 Å². The first-order valence-electron chi connectivity index (χ1n) is 8.94. The maximum absolute atomic E-state index is 10.6. The number of allylic oxidation sites excluding steroid dienone is 2. The first-order valence-corrected chi connectivity index (χ1v) is 8.94. The number of carboxylic acids is 1. The average molecular weight is 350 g/mol. The van der Waals surface area contributed by atoms with Gasteiger partial charge in [-0.05, 0) is 62.5 Å². The number of hydrogen-bond acceptors (Lipinski definition) is 3. The number of aryl methyl sites for hydroxylation is 1. The van der Waals surface area contributed by atoms with Crippen molar-refractivity contribution in [2.45, 2.75) is 57.5 Å². The summed E-state index contributed by atoms with van der Waals surface area (Å²) in [5.74, 6) is -0.767. The van der Waals surface area contributed by atoms with Crippen molar-refractivity contribution < 1.29 is 44.6 Å². The largest absolute Gasteiger partial charge is 1.00 e. The first-order chi connectivity index (χ1) is 11.6. The SMILES string of the molecule is O=C([O-])/C=C1/CCC[C@@H](/C=C/[C@@H](O)CCCCc2ccccc2)C1.[Na+]. The Morgan fingerprint density at radius 1 is 1.28 bits per heavy atom. The van der Waals surface area contributed by atoms with Crippen LogP contribution in [0.4, 0.5) is 0 Å². The predicted molar refractivity (Wildman–Crippen MR) is 94.2 cm³/mol. The second-order valence-electron chi connectivity index (χ2n) is 6.66. The summed E-state index contributed by atoms with van der Waals surface area (Å²) in [6.07, 6.45) is 12.4. The van der Waals surface area contributed by atoms with Crippen LogP contribution in [0.3, 0.4) is 0 Å². The molecule has 0 amide bonds. The van der Waals surface area contributed by atoms with Crippen LogP contribution < -0.4 is 34.7 Å². The Morgan fingerprint density at radius 2 is 2.04 bits per heavy atom. The van der Waals surface area contributed by atoms with Crippen LogP contribution in [0.5, 0.6) is 0 Å². The van der Waals surface area contributed by atoms with Gasteiger partial charge in [-0.1, -0.05) is 54.5 Å². The van der Waals surface area contributed by atoms with Crippen LogP contribution >= 0.6 is 0 Å². The molecule has 0 saturated heterocycles. The third kappa shape index (κ3) is 9.41. The molecule has 1 aromatic carbocycles. The molecule has 1 saturated carbocycles. The molecule has 130 valence electrons. The van der Waals surface area contributed by atoms with E-state index in [-0.39, 0.29) is 29.6 Å². The minimum absolute atomic E-state index is 0. The van der Waals surface area contributed by atoms with E-state index in [0.717, 1.165) is 56.9 Å². The second kappa shape index (κ2) is 12.5. The summed E-state index contributed by atoms with van der Waals surface area (Å²) in [7, 11) is 0. The molecule has 1 aliphatic rings. The van der Waals surface area contributed by atoms with Gasteiger partial charge in [-0.2, -0.15) is 0 Å². The Kier molecular flexibility index (Phi) is 11.1. The molecule has 3 nitrogen and oxygen atoms in total. The number of hydrogen-bond donors (Lipinski definition) is 1. The van der Waals surface area contributed by atoms with Crippen molar-refractivity contribution in [1.82, 2.24) is 0 Å². The molecule has 1 fully saturated rings. The zero-order valence-corrected chi connectivity index (χ0v) is 17.2. The normalized spacial score (nSPS) is 20.4. The Morgan fingerprint density at radius 3 is 2.76 bits per heavy atom. The fourth-order valence-corrected chi connectivity index (χ4v) is 3.30. The number of carbonyl (C=O) groups is 1. The van der Waals surface area contributed by atoms with Crippen molar-refractivity contribution in [3.63, 3.8) is 0 Å². The summed E-state index contributed by atoms with van der Waals surface area (Å²) < 4.78 is 0.